The maximum absolute atomic E-state index is 12.5. The van der Waals surface area contributed by atoms with E-state index in [0.717, 1.165) is 19.3 Å². The Morgan fingerprint density at radius 3 is 1.43 bits per heavy atom. The van der Waals surface area contributed by atoms with Gasteiger partial charge in [0.1, 0.15) is 28.7 Å². The number of unbranched alkanes of at least 4 members (excludes halogenated alkanes) is 1. The monoisotopic (exact) mass is 570 g/mol. The fourth-order valence-corrected chi connectivity index (χ4v) is 4.18. The van der Waals surface area contributed by atoms with Gasteiger partial charge in [-0.2, -0.15) is 0 Å². The second-order valence-corrected chi connectivity index (χ2v) is 9.41. The number of phenols is 2. The van der Waals surface area contributed by atoms with Crippen molar-refractivity contribution in [2.24, 2.45) is 0 Å². The topological polar surface area (TPSA) is 102 Å². The van der Waals surface area contributed by atoms with Gasteiger partial charge in [0.05, 0.1) is 31.5 Å². The van der Waals surface area contributed by atoms with Crippen LogP contribution in [0.2, 0.25) is 0 Å². The quantitative estimate of drug-likeness (QED) is 0.171. The minimum atomic E-state index is -0.242. The highest BCUT2D eigenvalue weighted by Crippen LogP contribution is 2.27. The van der Waals surface area contributed by atoms with E-state index in [9.17, 15) is 19.8 Å². The highest BCUT2D eigenvalue weighted by Gasteiger charge is 2.15. The number of phenolic OH excluding ortho intramolecular Hbond substituents is 2. The average Bonchev–Trinajstić information content (AvgIpc) is 3.00. The van der Waals surface area contributed by atoms with Crippen molar-refractivity contribution in [3.63, 3.8) is 0 Å². The highest BCUT2D eigenvalue weighted by molar-refractivity contribution is 6.11. The van der Waals surface area contributed by atoms with Gasteiger partial charge < -0.3 is 24.4 Å². The van der Waals surface area contributed by atoms with Gasteiger partial charge >= 0.3 is 0 Å². The van der Waals surface area contributed by atoms with E-state index in [1.165, 1.54) is 17.7 Å². The summed E-state index contributed by atoms with van der Waals surface area (Å²) in [6, 6.07) is 23.8. The SMILES string of the molecule is CCCCc1ccc(C(=O)c2ccc(OCC)cc2O)cc1.CCOc1ccc(C(=O)c2ccc(OC)cc2)c(O)c1. The zero-order valence-corrected chi connectivity index (χ0v) is 24.6. The van der Waals surface area contributed by atoms with Crippen LogP contribution in [0.25, 0.3) is 0 Å². The van der Waals surface area contributed by atoms with Crippen LogP contribution in [-0.4, -0.2) is 42.1 Å². The number of benzene rings is 4. The zero-order chi connectivity index (χ0) is 30.5. The van der Waals surface area contributed by atoms with Gasteiger partial charge in [-0.15, -0.1) is 0 Å². The lowest BCUT2D eigenvalue weighted by Gasteiger charge is -2.08. The summed E-state index contributed by atoms with van der Waals surface area (Å²) in [5, 5.41) is 19.9. The average molecular weight is 571 g/mol. The third-order valence-electron chi connectivity index (χ3n) is 6.44. The lowest BCUT2D eigenvalue weighted by atomic mass is 10.00. The van der Waals surface area contributed by atoms with E-state index in [0.29, 0.717) is 47.2 Å². The number of ether oxygens (including phenoxy) is 3. The minimum Gasteiger partial charge on any atom is -0.507 e. The molecule has 0 aliphatic rings. The first-order chi connectivity index (χ1) is 20.3. The molecule has 0 radical (unpaired) electrons. The summed E-state index contributed by atoms with van der Waals surface area (Å²) in [5.74, 6) is 1.22. The minimum absolute atomic E-state index is 0.0500. The Bertz CT molecular complexity index is 1460. The second-order valence-electron chi connectivity index (χ2n) is 9.41. The number of hydrogen-bond acceptors (Lipinski definition) is 7. The molecular weight excluding hydrogens is 532 g/mol. The van der Waals surface area contributed by atoms with Gasteiger partial charge in [0, 0.05) is 23.3 Å². The van der Waals surface area contributed by atoms with Crippen molar-refractivity contribution in [1.82, 2.24) is 0 Å². The molecule has 42 heavy (non-hydrogen) atoms. The third-order valence-corrected chi connectivity index (χ3v) is 6.44. The summed E-state index contributed by atoms with van der Waals surface area (Å²) in [6.07, 6.45) is 3.33. The molecule has 0 saturated heterocycles. The van der Waals surface area contributed by atoms with E-state index in [2.05, 4.69) is 6.92 Å². The van der Waals surface area contributed by atoms with Gasteiger partial charge in [0.2, 0.25) is 0 Å². The van der Waals surface area contributed by atoms with Crippen LogP contribution in [0, 0.1) is 0 Å². The molecule has 4 aromatic rings. The summed E-state index contributed by atoms with van der Waals surface area (Å²) < 4.78 is 15.6. The summed E-state index contributed by atoms with van der Waals surface area (Å²) in [5.41, 5.74) is 2.85. The van der Waals surface area contributed by atoms with E-state index < -0.39 is 0 Å². The first-order valence-corrected chi connectivity index (χ1v) is 14.0. The molecule has 0 aliphatic heterocycles. The van der Waals surface area contributed by atoms with Gasteiger partial charge in [-0.25, -0.2) is 0 Å². The van der Waals surface area contributed by atoms with Crippen molar-refractivity contribution >= 4 is 11.6 Å². The first kappa shape index (κ1) is 31.7. The molecule has 0 bridgehead atoms. The van der Waals surface area contributed by atoms with Crippen molar-refractivity contribution < 1.29 is 34.0 Å². The Balaban J connectivity index is 0.000000231. The Morgan fingerprint density at radius 2 is 1.05 bits per heavy atom. The molecule has 0 aromatic heterocycles. The van der Waals surface area contributed by atoms with E-state index >= 15 is 0 Å². The maximum atomic E-state index is 12.5. The molecule has 0 fully saturated rings. The number of rotatable bonds is 12. The number of carbonyl (C=O) groups is 2. The molecule has 0 amide bonds. The van der Waals surface area contributed by atoms with Crippen molar-refractivity contribution in [2.45, 2.75) is 40.0 Å². The van der Waals surface area contributed by atoms with Gasteiger partial charge in [0.25, 0.3) is 0 Å². The fourth-order valence-electron chi connectivity index (χ4n) is 4.18. The van der Waals surface area contributed by atoms with Gasteiger partial charge in [-0.3, -0.25) is 9.59 Å². The molecule has 0 saturated carbocycles. The van der Waals surface area contributed by atoms with Crippen LogP contribution in [0.4, 0.5) is 0 Å². The highest BCUT2D eigenvalue weighted by atomic mass is 16.5. The molecule has 7 nitrogen and oxygen atoms in total. The van der Waals surface area contributed by atoms with Crippen LogP contribution < -0.4 is 14.2 Å². The number of aromatic hydroxyl groups is 2. The predicted octanol–water partition coefficient (Wildman–Crippen LogP) is 7.40. The lowest BCUT2D eigenvalue weighted by molar-refractivity contribution is 0.102. The van der Waals surface area contributed by atoms with E-state index in [1.807, 2.05) is 38.1 Å². The first-order valence-electron chi connectivity index (χ1n) is 14.0. The number of aryl methyl sites for hydroxylation is 1. The normalized spacial score (nSPS) is 10.3. The molecule has 4 rings (SSSR count). The molecule has 0 heterocycles. The van der Waals surface area contributed by atoms with Crippen LogP contribution in [0.1, 0.15) is 71.0 Å². The Labute approximate surface area is 247 Å². The zero-order valence-electron chi connectivity index (χ0n) is 24.6. The smallest absolute Gasteiger partial charge is 0.196 e. The van der Waals surface area contributed by atoms with Gasteiger partial charge in [-0.05, 0) is 80.8 Å². The Kier molecular flexibility index (Phi) is 12.0. The molecule has 220 valence electrons. The second kappa shape index (κ2) is 15.9. The third kappa shape index (κ3) is 8.61. The van der Waals surface area contributed by atoms with Crippen molar-refractivity contribution in [3.05, 3.63) is 113 Å². The molecule has 0 aliphatic carbocycles. The molecule has 0 unspecified atom stereocenters. The van der Waals surface area contributed by atoms with Gasteiger partial charge in [-0.1, -0.05) is 37.6 Å². The lowest BCUT2D eigenvalue weighted by Crippen LogP contribution is -2.02. The predicted molar refractivity (Wildman–Crippen MR) is 163 cm³/mol. The number of ketones is 2. The molecule has 2 N–H and O–H groups in total. The molecule has 7 heteroatoms. The van der Waals surface area contributed by atoms with Crippen molar-refractivity contribution in [3.8, 4) is 28.7 Å². The van der Waals surface area contributed by atoms with Crippen molar-refractivity contribution in [1.29, 1.82) is 0 Å². The molecule has 4 aromatic carbocycles. The van der Waals surface area contributed by atoms with Gasteiger partial charge in [0.15, 0.2) is 11.6 Å². The largest absolute Gasteiger partial charge is 0.507 e. The van der Waals surface area contributed by atoms with Crippen LogP contribution in [0.5, 0.6) is 28.7 Å². The summed E-state index contributed by atoms with van der Waals surface area (Å²) in [7, 11) is 1.56. The van der Waals surface area contributed by atoms with E-state index in [1.54, 1.807) is 55.6 Å². The summed E-state index contributed by atoms with van der Waals surface area (Å²) >= 11 is 0. The summed E-state index contributed by atoms with van der Waals surface area (Å²) in [6.45, 7) is 6.91. The number of carbonyl (C=O) groups excluding carboxylic acids is 2. The van der Waals surface area contributed by atoms with Crippen LogP contribution in [0.15, 0.2) is 84.9 Å². The molecular formula is C35H38O7. The Hall–Kier alpha value is -4.78. The fraction of sp³-hybridized carbons (Fsp3) is 0.257. The van der Waals surface area contributed by atoms with E-state index in [4.69, 9.17) is 14.2 Å². The molecule has 0 spiro atoms. The standard InChI is InChI=1S/C19H22O3.C16H16O4/c1-3-5-6-14-7-9-15(10-8-14)19(21)17-12-11-16(22-4-2)13-18(17)20;1-3-20-13-8-9-14(15(17)10-13)16(18)11-4-6-12(19-2)7-5-11/h7-13,20H,3-6H2,1-2H3;4-10,17H,3H2,1-2H3. The molecule has 0 atom stereocenters. The Morgan fingerprint density at radius 1 is 0.619 bits per heavy atom. The van der Waals surface area contributed by atoms with Crippen LogP contribution >= 0.6 is 0 Å². The number of hydrogen-bond donors (Lipinski definition) is 2. The van der Waals surface area contributed by atoms with Crippen LogP contribution in [0.3, 0.4) is 0 Å². The summed E-state index contributed by atoms with van der Waals surface area (Å²) in [4.78, 5) is 24.8. The van der Waals surface area contributed by atoms with E-state index in [-0.39, 0.29) is 28.6 Å². The number of methoxy groups -OCH3 is 1. The maximum Gasteiger partial charge on any atom is 0.196 e. The van der Waals surface area contributed by atoms with Crippen molar-refractivity contribution in [2.75, 3.05) is 20.3 Å². The van der Waals surface area contributed by atoms with Crippen LogP contribution in [-0.2, 0) is 6.42 Å².